The SMILES string of the molecule is O=C(O)c1cc(-c2ccc(Cl)cc2)ccn1. The Balaban J connectivity index is 2.44. The number of pyridine rings is 1. The molecule has 1 aromatic heterocycles. The molecule has 3 nitrogen and oxygen atoms in total. The summed E-state index contributed by atoms with van der Waals surface area (Å²) in [6.07, 6.45) is 1.48. The van der Waals surface area contributed by atoms with Crippen LogP contribution in [0.2, 0.25) is 5.02 Å². The normalized spacial score (nSPS) is 10.1. The number of hydrogen-bond acceptors (Lipinski definition) is 2. The van der Waals surface area contributed by atoms with Crippen molar-refractivity contribution in [3.63, 3.8) is 0 Å². The number of carboxylic acid groups (broad SMARTS) is 1. The van der Waals surface area contributed by atoms with Crippen LogP contribution in [0.5, 0.6) is 0 Å². The molecule has 0 atom stereocenters. The summed E-state index contributed by atoms with van der Waals surface area (Å²) in [5, 5.41) is 9.47. The van der Waals surface area contributed by atoms with Crippen molar-refractivity contribution >= 4 is 17.6 Å². The minimum absolute atomic E-state index is 0.0347. The minimum atomic E-state index is -1.03. The van der Waals surface area contributed by atoms with E-state index in [2.05, 4.69) is 4.98 Å². The van der Waals surface area contributed by atoms with Gasteiger partial charge in [-0.15, -0.1) is 0 Å². The van der Waals surface area contributed by atoms with Crippen LogP contribution in [0.4, 0.5) is 0 Å². The second kappa shape index (κ2) is 4.33. The number of rotatable bonds is 2. The predicted octanol–water partition coefficient (Wildman–Crippen LogP) is 3.10. The number of aromatic nitrogens is 1. The maximum absolute atomic E-state index is 10.8. The van der Waals surface area contributed by atoms with Crippen molar-refractivity contribution in [3.8, 4) is 11.1 Å². The number of halogens is 1. The van der Waals surface area contributed by atoms with E-state index in [0.717, 1.165) is 11.1 Å². The summed E-state index contributed by atoms with van der Waals surface area (Å²) in [5.74, 6) is -1.03. The van der Waals surface area contributed by atoms with E-state index in [0.29, 0.717) is 5.02 Å². The van der Waals surface area contributed by atoms with Gasteiger partial charge < -0.3 is 5.11 Å². The lowest BCUT2D eigenvalue weighted by atomic mass is 10.1. The molecule has 0 fully saturated rings. The lowest BCUT2D eigenvalue weighted by Gasteiger charge is -2.02. The third kappa shape index (κ3) is 2.20. The van der Waals surface area contributed by atoms with Gasteiger partial charge in [-0.3, -0.25) is 0 Å². The Kier molecular flexibility index (Phi) is 2.88. The van der Waals surface area contributed by atoms with Crippen molar-refractivity contribution in [1.82, 2.24) is 4.98 Å². The summed E-state index contributed by atoms with van der Waals surface area (Å²) in [6.45, 7) is 0. The molecule has 1 N–H and O–H groups in total. The molecule has 4 heteroatoms. The summed E-state index contributed by atoms with van der Waals surface area (Å²) >= 11 is 5.77. The lowest BCUT2D eigenvalue weighted by Crippen LogP contribution is -1.99. The number of aromatic carboxylic acids is 1. The van der Waals surface area contributed by atoms with E-state index in [1.807, 2.05) is 12.1 Å². The molecule has 0 aliphatic carbocycles. The van der Waals surface area contributed by atoms with Gasteiger partial charge in [0.25, 0.3) is 0 Å². The summed E-state index contributed by atoms with van der Waals surface area (Å²) < 4.78 is 0. The Bertz CT molecular complexity index is 523. The summed E-state index contributed by atoms with van der Waals surface area (Å²) in [7, 11) is 0. The molecule has 0 bridgehead atoms. The fraction of sp³-hybridized carbons (Fsp3) is 0. The molecule has 80 valence electrons. The second-order valence-corrected chi connectivity index (χ2v) is 3.68. The van der Waals surface area contributed by atoms with Crippen LogP contribution in [0.3, 0.4) is 0 Å². The molecule has 2 aromatic rings. The van der Waals surface area contributed by atoms with E-state index in [4.69, 9.17) is 16.7 Å². The molecule has 0 aliphatic heterocycles. The average Bonchev–Trinajstić information content (AvgIpc) is 2.30. The molecule has 1 heterocycles. The van der Waals surface area contributed by atoms with Crippen LogP contribution in [-0.2, 0) is 0 Å². The lowest BCUT2D eigenvalue weighted by molar-refractivity contribution is 0.0690. The zero-order valence-corrected chi connectivity index (χ0v) is 8.98. The zero-order chi connectivity index (χ0) is 11.5. The molecule has 2 rings (SSSR count). The van der Waals surface area contributed by atoms with E-state index in [9.17, 15) is 4.79 Å². The molecule has 0 saturated carbocycles. The van der Waals surface area contributed by atoms with Gasteiger partial charge in [-0.1, -0.05) is 23.7 Å². The quantitative estimate of drug-likeness (QED) is 0.867. The number of hydrogen-bond donors (Lipinski definition) is 1. The largest absolute Gasteiger partial charge is 0.477 e. The van der Waals surface area contributed by atoms with Gasteiger partial charge >= 0.3 is 5.97 Å². The number of carbonyl (C=O) groups is 1. The van der Waals surface area contributed by atoms with Gasteiger partial charge in [0.1, 0.15) is 5.69 Å². The Labute approximate surface area is 97.3 Å². The Hall–Kier alpha value is -1.87. The van der Waals surface area contributed by atoms with Crippen LogP contribution >= 0.6 is 11.6 Å². The fourth-order valence-electron chi connectivity index (χ4n) is 1.37. The van der Waals surface area contributed by atoms with Gasteiger partial charge in [-0.05, 0) is 35.4 Å². The van der Waals surface area contributed by atoms with Gasteiger partial charge in [0, 0.05) is 11.2 Å². The molecular formula is C12H8ClNO2. The maximum atomic E-state index is 10.8. The Morgan fingerprint density at radius 2 is 1.81 bits per heavy atom. The second-order valence-electron chi connectivity index (χ2n) is 3.24. The summed E-state index contributed by atoms with van der Waals surface area (Å²) in [6, 6.07) is 10.5. The first-order valence-corrected chi connectivity index (χ1v) is 5.00. The van der Waals surface area contributed by atoms with Crippen LogP contribution in [0.25, 0.3) is 11.1 Å². The summed E-state index contributed by atoms with van der Waals surface area (Å²) in [5.41, 5.74) is 1.76. The molecular weight excluding hydrogens is 226 g/mol. The fourth-order valence-corrected chi connectivity index (χ4v) is 1.50. The predicted molar refractivity (Wildman–Crippen MR) is 61.6 cm³/mol. The van der Waals surface area contributed by atoms with Crippen molar-refractivity contribution in [2.45, 2.75) is 0 Å². The van der Waals surface area contributed by atoms with E-state index in [1.54, 1.807) is 18.2 Å². The Morgan fingerprint density at radius 3 is 2.44 bits per heavy atom. The highest BCUT2D eigenvalue weighted by molar-refractivity contribution is 6.30. The average molecular weight is 234 g/mol. The van der Waals surface area contributed by atoms with Crippen LogP contribution in [0.1, 0.15) is 10.5 Å². The van der Waals surface area contributed by atoms with Gasteiger partial charge in [0.2, 0.25) is 0 Å². The van der Waals surface area contributed by atoms with E-state index in [-0.39, 0.29) is 5.69 Å². The third-order valence-electron chi connectivity index (χ3n) is 2.16. The third-order valence-corrected chi connectivity index (χ3v) is 2.41. The molecule has 0 radical (unpaired) electrons. The first-order chi connectivity index (χ1) is 7.66. The maximum Gasteiger partial charge on any atom is 0.354 e. The highest BCUT2D eigenvalue weighted by Crippen LogP contribution is 2.21. The molecule has 1 aromatic carbocycles. The zero-order valence-electron chi connectivity index (χ0n) is 8.22. The van der Waals surface area contributed by atoms with Gasteiger partial charge in [-0.2, -0.15) is 0 Å². The number of carboxylic acids is 1. The molecule has 0 spiro atoms. The van der Waals surface area contributed by atoms with Crippen LogP contribution in [0.15, 0.2) is 42.6 Å². The van der Waals surface area contributed by atoms with E-state index in [1.165, 1.54) is 12.3 Å². The highest BCUT2D eigenvalue weighted by atomic mass is 35.5. The molecule has 0 aliphatic rings. The molecule has 0 saturated heterocycles. The number of nitrogens with zero attached hydrogens (tertiary/aromatic N) is 1. The minimum Gasteiger partial charge on any atom is -0.477 e. The van der Waals surface area contributed by atoms with Crippen molar-refractivity contribution in [3.05, 3.63) is 53.3 Å². The van der Waals surface area contributed by atoms with Crippen molar-refractivity contribution < 1.29 is 9.90 Å². The summed E-state index contributed by atoms with van der Waals surface area (Å²) in [4.78, 5) is 14.5. The van der Waals surface area contributed by atoms with Crippen LogP contribution in [0, 0.1) is 0 Å². The molecule has 16 heavy (non-hydrogen) atoms. The van der Waals surface area contributed by atoms with E-state index >= 15 is 0 Å². The Morgan fingerprint density at radius 1 is 1.12 bits per heavy atom. The molecule has 0 amide bonds. The van der Waals surface area contributed by atoms with Gasteiger partial charge in [0.05, 0.1) is 0 Å². The molecule has 0 unspecified atom stereocenters. The smallest absolute Gasteiger partial charge is 0.354 e. The topological polar surface area (TPSA) is 50.2 Å². The number of benzene rings is 1. The van der Waals surface area contributed by atoms with Crippen LogP contribution in [-0.4, -0.2) is 16.1 Å². The van der Waals surface area contributed by atoms with Gasteiger partial charge in [0.15, 0.2) is 0 Å². The highest BCUT2D eigenvalue weighted by Gasteiger charge is 2.05. The van der Waals surface area contributed by atoms with Crippen molar-refractivity contribution in [2.75, 3.05) is 0 Å². The monoisotopic (exact) mass is 233 g/mol. The first kappa shape index (κ1) is 10.6. The van der Waals surface area contributed by atoms with Crippen molar-refractivity contribution in [2.24, 2.45) is 0 Å². The van der Waals surface area contributed by atoms with Crippen LogP contribution < -0.4 is 0 Å². The van der Waals surface area contributed by atoms with E-state index < -0.39 is 5.97 Å². The standard InChI is InChI=1S/C12H8ClNO2/c13-10-3-1-8(2-4-10)9-5-6-14-11(7-9)12(15)16/h1-7H,(H,15,16). The first-order valence-electron chi connectivity index (χ1n) is 4.62. The van der Waals surface area contributed by atoms with Gasteiger partial charge in [-0.25, -0.2) is 9.78 Å². The van der Waals surface area contributed by atoms with Crippen molar-refractivity contribution in [1.29, 1.82) is 0 Å².